The molecule has 1 aliphatic carbocycles. The molecule has 0 spiro atoms. The minimum absolute atomic E-state index is 0.247. The molecule has 0 saturated heterocycles. The van der Waals surface area contributed by atoms with Crippen LogP contribution in [-0.2, 0) is 0 Å². The van der Waals surface area contributed by atoms with Crippen molar-refractivity contribution >= 4 is 16.8 Å². The fourth-order valence-electron chi connectivity index (χ4n) is 3.76. The number of hydrogen-bond donors (Lipinski definition) is 0. The van der Waals surface area contributed by atoms with E-state index in [-0.39, 0.29) is 5.92 Å². The summed E-state index contributed by atoms with van der Waals surface area (Å²) in [7, 11) is 0. The molecular weight excluding hydrogens is 302 g/mol. The van der Waals surface area contributed by atoms with E-state index < -0.39 is 0 Å². The van der Waals surface area contributed by atoms with E-state index >= 15 is 0 Å². The highest BCUT2D eigenvalue weighted by Gasteiger charge is 2.22. The van der Waals surface area contributed by atoms with Crippen LogP contribution >= 0.6 is 0 Å². The first-order valence-electron chi connectivity index (χ1n) is 8.61. The standard InChI is InChI=1S/C24H17N/c1-2-7-18-16-19(12-11-17(18)6-1)20-8-5-9-21-22(20)13-14-23(21)24-10-3-4-15-25-24/h1-16,23H. The van der Waals surface area contributed by atoms with E-state index in [2.05, 4.69) is 89.9 Å². The Kier molecular flexibility index (Phi) is 3.24. The molecule has 5 rings (SSSR count). The highest BCUT2D eigenvalue weighted by Crippen LogP contribution is 2.40. The summed E-state index contributed by atoms with van der Waals surface area (Å²) in [6, 6.07) is 28.0. The van der Waals surface area contributed by atoms with Crippen LogP contribution in [0.5, 0.6) is 0 Å². The fraction of sp³-hybridized carbons (Fsp3) is 0.0417. The van der Waals surface area contributed by atoms with Crippen LogP contribution in [0.4, 0.5) is 0 Å². The molecule has 0 aliphatic heterocycles. The van der Waals surface area contributed by atoms with Gasteiger partial charge in [-0.1, -0.05) is 72.8 Å². The van der Waals surface area contributed by atoms with Gasteiger partial charge in [0.1, 0.15) is 0 Å². The minimum atomic E-state index is 0.247. The summed E-state index contributed by atoms with van der Waals surface area (Å²) in [4.78, 5) is 4.55. The van der Waals surface area contributed by atoms with Gasteiger partial charge in [-0.05, 0) is 51.2 Å². The molecule has 1 atom stereocenters. The number of benzene rings is 3. The maximum absolute atomic E-state index is 4.55. The summed E-state index contributed by atoms with van der Waals surface area (Å²) in [6.45, 7) is 0. The first kappa shape index (κ1) is 14.2. The number of hydrogen-bond acceptors (Lipinski definition) is 1. The zero-order valence-electron chi connectivity index (χ0n) is 13.8. The molecule has 0 fully saturated rings. The third-order valence-electron chi connectivity index (χ3n) is 5.00. The summed E-state index contributed by atoms with van der Waals surface area (Å²) in [5.41, 5.74) is 6.31. The van der Waals surface area contributed by atoms with E-state index in [0.717, 1.165) is 5.69 Å². The molecule has 0 bridgehead atoms. The van der Waals surface area contributed by atoms with Crippen molar-refractivity contribution in [1.82, 2.24) is 4.98 Å². The van der Waals surface area contributed by atoms with E-state index in [1.807, 2.05) is 12.3 Å². The van der Waals surface area contributed by atoms with Crippen LogP contribution in [0.25, 0.3) is 28.0 Å². The SMILES string of the molecule is C1=CC(c2ccccn2)c2cccc(-c3ccc4ccccc4c3)c21. The molecule has 1 aromatic heterocycles. The Balaban J connectivity index is 1.64. The van der Waals surface area contributed by atoms with E-state index in [9.17, 15) is 0 Å². The molecule has 118 valence electrons. The summed E-state index contributed by atoms with van der Waals surface area (Å²) in [6.07, 6.45) is 6.38. The Morgan fingerprint density at radius 1 is 0.720 bits per heavy atom. The largest absolute Gasteiger partial charge is 0.260 e. The number of pyridine rings is 1. The third-order valence-corrected chi connectivity index (χ3v) is 5.00. The maximum Gasteiger partial charge on any atom is 0.0516 e. The normalized spacial score (nSPS) is 15.4. The zero-order chi connectivity index (χ0) is 16.6. The first-order valence-corrected chi connectivity index (χ1v) is 8.61. The number of fused-ring (bicyclic) bond motifs is 2. The molecule has 1 aliphatic rings. The molecule has 0 N–H and O–H groups in total. The molecule has 0 saturated carbocycles. The van der Waals surface area contributed by atoms with Crippen LogP contribution in [0.1, 0.15) is 22.7 Å². The predicted molar refractivity (Wildman–Crippen MR) is 104 cm³/mol. The highest BCUT2D eigenvalue weighted by molar-refractivity contribution is 5.90. The van der Waals surface area contributed by atoms with Crippen LogP contribution in [0.3, 0.4) is 0 Å². The molecule has 0 radical (unpaired) electrons. The number of rotatable bonds is 2. The van der Waals surface area contributed by atoms with Gasteiger partial charge < -0.3 is 0 Å². The Morgan fingerprint density at radius 3 is 2.48 bits per heavy atom. The second-order valence-electron chi connectivity index (χ2n) is 6.46. The van der Waals surface area contributed by atoms with Gasteiger partial charge in [-0.3, -0.25) is 4.98 Å². The summed E-state index contributed by atoms with van der Waals surface area (Å²) in [5, 5.41) is 2.56. The predicted octanol–water partition coefficient (Wildman–Crippen LogP) is 6.06. The second-order valence-corrected chi connectivity index (χ2v) is 6.46. The fourth-order valence-corrected chi connectivity index (χ4v) is 3.76. The Hall–Kier alpha value is -3.19. The average molecular weight is 319 g/mol. The van der Waals surface area contributed by atoms with Gasteiger partial charge >= 0.3 is 0 Å². The molecule has 1 unspecified atom stereocenters. The summed E-state index contributed by atoms with van der Waals surface area (Å²) >= 11 is 0. The lowest BCUT2D eigenvalue weighted by atomic mass is 9.91. The van der Waals surface area contributed by atoms with Gasteiger partial charge in [0, 0.05) is 12.1 Å². The summed E-state index contributed by atoms with van der Waals surface area (Å²) < 4.78 is 0. The van der Waals surface area contributed by atoms with Crippen molar-refractivity contribution in [2.45, 2.75) is 5.92 Å². The molecule has 3 aromatic carbocycles. The monoisotopic (exact) mass is 319 g/mol. The molecule has 1 heterocycles. The van der Waals surface area contributed by atoms with Crippen LogP contribution in [0.2, 0.25) is 0 Å². The zero-order valence-corrected chi connectivity index (χ0v) is 13.8. The van der Waals surface area contributed by atoms with Crippen molar-refractivity contribution in [2.75, 3.05) is 0 Å². The van der Waals surface area contributed by atoms with Crippen LogP contribution < -0.4 is 0 Å². The molecule has 0 amide bonds. The van der Waals surface area contributed by atoms with Gasteiger partial charge in [-0.2, -0.15) is 0 Å². The van der Waals surface area contributed by atoms with Gasteiger partial charge in [0.25, 0.3) is 0 Å². The van der Waals surface area contributed by atoms with Gasteiger partial charge in [-0.25, -0.2) is 0 Å². The Morgan fingerprint density at radius 2 is 1.60 bits per heavy atom. The number of aromatic nitrogens is 1. The van der Waals surface area contributed by atoms with E-state index in [1.54, 1.807) is 0 Å². The number of allylic oxidation sites excluding steroid dienone is 1. The maximum atomic E-state index is 4.55. The lowest BCUT2D eigenvalue weighted by Gasteiger charge is -2.13. The van der Waals surface area contributed by atoms with Crippen molar-refractivity contribution in [3.05, 3.63) is 108 Å². The first-order chi connectivity index (χ1) is 12.4. The van der Waals surface area contributed by atoms with Crippen molar-refractivity contribution < 1.29 is 0 Å². The van der Waals surface area contributed by atoms with Crippen LogP contribution in [-0.4, -0.2) is 4.98 Å². The molecular formula is C24H17N. The topological polar surface area (TPSA) is 12.9 Å². The van der Waals surface area contributed by atoms with Crippen molar-refractivity contribution in [1.29, 1.82) is 0 Å². The van der Waals surface area contributed by atoms with E-state index in [4.69, 9.17) is 0 Å². The van der Waals surface area contributed by atoms with Crippen molar-refractivity contribution in [3.8, 4) is 11.1 Å². The Bertz CT molecular complexity index is 1090. The minimum Gasteiger partial charge on any atom is -0.260 e. The number of nitrogens with zero attached hydrogens (tertiary/aromatic N) is 1. The Labute approximate surface area is 147 Å². The molecule has 25 heavy (non-hydrogen) atoms. The quantitative estimate of drug-likeness (QED) is 0.437. The van der Waals surface area contributed by atoms with Crippen molar-refractivity contribution in [3.63, 3.8) is 0 Å². The smallest absolute Gasteiger partial charge is 0.0516 e. The van der Waals surface area contributed by atoms with Gasteiger partial charge in [-0.15, -0.1) is 0 Å². The van der Waals surface area contributed by atoms with Crippen molar-refractivity contribution in [2.24, 2.45) is 0 Å². The van der Waals surface area contributed by atoms with Gasteiger partial charge in [0.05, 0.1) is 5.69 Å². The second kappa shape index (κ2) is 5.71. The van der Waals surface area contributed by atoms with Crippen LogP contribution in [0, 0.1) is 0 Å². The van der Waals surface area contributed by atoms with E-state index in [1.165, 1.54) is 33.0 Å². The van der Waals surface area contributed by atoms with E-state index in [0.29, 0.717) is 0 Å². The lowest BCUT2D eigenvalue weighted by Crippen LogP contribution is -1.98. The van der Waals surface area contributed by atoms with Gasteiger partial charge in [0.15, 0.2) is 0 Å². The third kappa shape index (κ3) is 2.36. The van der Waals surface area contributed by atoms with Gasteiger partial charge in [0.2, 0.25) is 0 Å². The average Bonchev–Trinajstić information content (AvgIpc) is 3.12. The molecule has 1 heteroatoms. The molecule has 1 nitrogen and oxygen atoms in total. The summed E-state index contributed by atoms with van der Waals surface area (Å²) in [5.74, 6) is 0.247. The lowest BCUT2D eigenvalue weighted by molar-refractivity contribution is 0.972. The van der Waals surface area contributed by atoms with Crippen LogP contribution in [0.15, 0.2) is 91.1 Å². The molecule has 4 aromatic rings. The highest BCUT2D eigenvalue weighted by atomic mass is 14.7.